The maximum absolute atomic E-state index is 14.7. The predicted molar refractivity (Wildman–Crippen MR) is 143 cm³/mol. The van der Waals surface area contributed by atoms with E-state index < -0.39 is 11.8 Å². The van der Waals surface area contributed by atoms with Gasteiger partial charge < -0.3 is 19.9 Å². The number of methoxy groups -OCH3 is 1. The molecule has 188 valence electrons. The monoisotopic (exact) mass is 526 g/mol. The van der Waals surface area contributed by atoms with Gasteiger partial charge in [-0.15, -0.1) is 22.7 Å². The molecule has 0 radical (unpaired) electrons. The van der Waals surface area contributed by atoms with Crippen LogP contribution in [0.4, 0.5) is 15.2 Å². The number of carboxylic acid groups (broad SMARTS) is 1. The molecule has 0 fully saturated rings. The second-order valence-corrected chi connectivity index (χ2v) is 10.6. The van der Waals surface area contributed by atoms with Gasteiger partial charge in [0.15, 0.2) is 16.7 Å². The first-order valence-corrected chi connectivity index (χ1v) is 13.1. The number of nitrogens with one attached hydrogen (secondary N) is 1. The Bertz CT molecular complexity index is 1340. The molecule has 0 saturated carbocycles. The number of thiazole rings is 1. The van der Waals surface area contributed by atoms with Crippen LogP contribution in [0.1, 0.15) is 29.1 Å². The topological polar surface area (TPSA) is 80.7 Å². The lowest BCUT2D eigenvalue weighted by atomic mass is 10.0. The molecule has 0 unspecified atom stereocenters. The number of nitrogens with zero attached hydrogens (tertiary/aromatic N) is 1. The van der Waals surface area contributed by atoms with Gasteiger partial charge >= 0.3 is 5.97 Å². The van der Waals surface area contributed by atoms with E-state index in [4.69, 9.17) is 14.5 Å². The molecule has 0 spiro atoms. The molecule has 2 aromatic heterocycles. The predicted octanol–water partition coefficient (Wildman–Crippen LogP) is 7.34. The molecule has 0 bridgehead atoms. The van der Waals surface area contributed by atoms with Crippen LogP contribution in [-0.2, 0) is 11.2 Å². The minimum Gasteiger partial charge on any atom is -0.488 e. The molecule has 0 saturated heterocycles. The summed E-state index contributed by atoms with van der Waals surface area (Å²) >= 11 is 3.00. The highest BCUT2D eigenvalue weighted by molar-refractivity contribution is 7.16. The van der Waals surface area contributed by atoms with Gasteiger partial charge in [0.1, 0.15) is 6.61 Å². The van der Waals surface area contributed by atoms with Gasteiger partial charge in [-0.25, -0.2) is 14.2 Å². The number of benzene rings is 2. The molecule has 0 aliphatic rings. The Balaban J connectivity index is 1.65. The van der Waals surface area contributed by atoms with Crippen molar-refractivity contribution in [3.63, 3.8) is 0 Å². The van der Waals surface area contributed by atoms with Crippen molar-refractivity contribution >= 4 is 39.5 Å². The van der Waals surface area contributed by atoms with Gasteiger partial charge in [0, 0.05) is 22.4 Å². The zero-order valence-electron chi connectivity index (χ0n) is 20.2. The minimum atomic E-state index is -1.03. The van der Waals surface area contributed by atoms with Crippen molar-refractivity contribution in [2.75, 3.05) is 25.6 Å². The van der Waals surface area contributed by atoms with Gasteiger partial charge in [0.2, 0.25) is 0 Å². The first-order chi connectivity index (χ1) is 17.4. The summed E-state index contributed by atoms with van der Waals surface area (Å²) < 4.78 is 25.1. The summed E-state index contributed by atoms with van der Waals surface area (Å²) in [6, 6.07) is 14.0. The Labute approximate surface area is 217 Å². The van der Waals surface area contributed by atoms with Crippen molar-refractivity contribution in [3.05, 3.63) is 70.2 Å². The lowest BCUT2D eigenvalue weighted by Gasteiger charge is -2.09. The highest BCUT2D eigenvalue weighted by atomic mass is 32.1. The van der Waals surface area contributed by atoms with Crippen LogP contribution in [0.15, 0.2) is 53.9 Å². The number of hydrogen-bond acceptors (Lipinski definition) is 7. The Morgan fingerprint density at radius 1 is 1.14 bits per heavy atom. The lowest BCUT2D eigenvalue weighted by molar-refractivity contribution is 0.0698. The third kappa shape index (κ3) is 6.10. The molecule has 0 amide bonds. The molecule has 0 aliphatic heterocycles. The third-order valence-electron chi connectivity index (χ3n) is 5.34. The molecule has 9 heteroatoms. The molecule has 6 nitrogen and oxygen atoms in total. The van der Waals surface area contributed by atoms with Crippen LogP contribution in [0.5, 0.6) is 5.75 Å². The quantitative estimate of drug-likeness (QED) is 0.199. The molecular formula is C27H27FN2O4S2. The van der Waals surface area contributed by atoms with Gasteiger partial charge in [-0.05, 0) is 59.7 Å². The van der Waals surface area contributed by atoms with E-state index in [-0.39, 0.29) is 17.9 Å². The van der Waals surface area contributed by atoms with Crippen molar-refractivity contribution in [2.45, 2.75) is 20.3 Å². The summed E-state index contributed by atoms with van der Waals surface area (Å²) in [7, 11) is 1.56. The molecule has 2 N–H and O–H groups in total. The van der Waals surface area contributed by atoms with E-state index in [1.165, 1.54) is 17.4 Å². The smallest absolute Gasteiger partial charge is 0.337 e. The van der Waals surface area contributed by atoms with Crippen LogP contribution < -0.4 is 10.1 Å². The SMILES string of the molecule is COCCOc1ccc(-c2nc(Nc3ccc(-c4cccs4)cc3C(=O)O)sc2CC(C)C)cc1F. The fourth-order valence-corrected chi connectivity index (χ4v) is 5.61. The molecule has 0 atom stereocenters. The third-order valence-corrected chi connectivity index (χ3v) is 7.25. The second kappa shape index (κ2) is 11.6. The van der Waals surface area contributed by atoms with Crippen molar-refractivity contribution in [2.24, 2.45) is 5.92 Å². The highest BCUT2D eigenvalue weighted by Crippen LogP contribution is 2.37. The van der Waals surface area contributed by atoms with E-state index >= 15 is 0 Å². The second-order valence-electron chi connectivity index (χ2n) is 8.54. The number of ether oxygens (including phenoxy) is 2. The van der Waals surface area contributed by atoms with E-state index in [9.17, 15) is 14.3 Å². The van der Waals surface area contributed by atoms with Crippen molar-refractivity contribution in [1.82, 2.24) is 4.98 Å². The zero-order chi connectivity index (χ0) is 25.7. The van der Waals surface area contributed by atoms with Crippen LogP contribution in [0.25, 0.3) is 21.7 Å². The van der Waals surface area contributed by atoms with E-state index in [2.05, 4.69) is 19.2 Å². The van der Waals surface area contributed by atoms with Gasteiger partial charge in [-0.2, -0.15) is 0 Å². The molecule has 2 aromatic carbocycles. The normalized spacial score (nSPS) is 11.1. The zero-order valence-corrected chi connectivity index (χ0v) is 21.8. The van der Waals surface area contributed by atoms with E-state index in [0.717, 1.165) is 21.7 Å². The number of halogens is 1. The van der Waals surface area contributed by atoms with Gasteiger partial charge in [-0.3, -0.25) is 0 Å². The first-order valence-electron chi connectivity index (χ1n) is 11.4. The molecule has 2 heterocycles. The average Bonchev–Trinajstić information content (AvgIpc) is 3.50. The van der Waals surface area contributed by atoms with Crippen molar-refractivity contribution in [3.8, 4) is 27.4 Å². The largest absolute Gasteiger partial charge is 0.488 e. The van der Waals surface area contributed by atoms with Gasteiger partial charge in [-0.1, -0.05) is 26.0 Å². The number of anilines is 2. The van der Waals surface area contributed by atoms with Gasteiger partial charge in [0.25, 0.3) is 0 Å². The minimum absolute atomic E-state index is 0.159. The molecule has 4 aromatic rings. The summed E-state index contributed by atoms with van der Waals surface area (Å²) in [5.74, 6) is -0.981. The fraction of sp³-hybridized carbons (Fsp3) is 0.259. The Morgan fingerprint density at radius 2 is 1.94 bits per heavy atom. The highest BCUT2D eigenvalue weighted by Gasteiger charge is 2.19. The summed E-state index contributed by atoms with van der Waals surface area (Å²) in [6.45, 7) is 4.84. The van der Waals surface area contributed by atoms with Crippen molar-refractivity contribution < 1.29 is 23.8 Å². The number of carbonyl (C=O) groups is 1. The number of rotatable bonds is 11. The van der Waals surface area contributed by atoms with E-state index in [1.807, 2.05) is 23.6 Å². The molecule has 36 heavy (non-hydrogen) atoms. The lowest BCUT2D eigenvalue weighted by Crippen LogP contribution is -2.05. The maximum Gasteiger partial charge on any atom is 0.337 e. The summed E-state index contributed by atoms with van der Waals surface area (Å²) in [6.07, 6.45) is 0.755. The Kier molecular flexibility index (Phi) is 8.35. The summed E-state index contributed by atoms with van der Waals surface area (Å²) in [4.78, 5) is 18.7. The van der Waals surface area contributed by atoms with Crippen LogP contribution >= 0.6 is 22.7 Å². The maximum atomic E-state index is 14.7. The molecular weight excluding hydrogens is 499 g/mol. The molecule has 0 aliphatic carbocycles. The first kappa shape index (κ1) is 25.8. The number of carboxylic acids is 1. The standard InChI is InChI=1S/C27H27FN2O4S2/c1-16(2)13-24-25(18-7-9-22(20(28)15-18)34-11-10-33-3)30-27(36-24)29-21-8-6-17(14-19(21)26(31)32)23-5-4-12-35-23/h4-9,12,14-16H,10-11,13H2,1-3H3,(H,29,30)(H,31,32). The Hall–Kier alpha value is -3.27. The van der Waals surface area contributed by atoms with E-state index in [0.29, 0.717) is 34.6 Å². The summed E-state index contributed by atoms with van der Waals surface area (Å²) in [5.41, 5.74) is 2.76. The van der Waals surface area contributed by atoms with Crippen LogP contribution in [0.2, 0.25) is 0 Å². The van der Waals surface area contributed by atoms with Gasteiger partial charge in [0.05, 0.1) is 23.6 Å². The number of hydrogen-bond donors (Lipinski definition) is 2. The summed E-state index contributed by atoms with van der Waals surface area (Å²) in [5, 5.41) is 15.5. The van der Waals surface area contributed by atoms with Crippen LogP contribution in [0, 0.1) is 11.7 Å². The average molecular weight is 527 g/mol. The fourth-order valence-electron chi connectivity index (χ4n) is 3.68. The number of aromatic carboxylic acids is 1. The van der Waals surface area contributed by atoms with E-state index in [1.54, 1.807) is 42.7 Å². The van der Waals surface area contributed by atoms with Crippen LogP contribution in [-0.4, -0.2) is 36.4 Å². The van der Waals surface area contributed by atoms with Crippen molar-refractivity contribution in [1.29, 1.82) is 0 Å². The number of aromatic nitrogens is 1. The van der Waals surface area contributed by atoms with Crippen LogP contribution in [0.3, 0.4) is 0 Å². The Morgan fingerprint density at radius 3 is 2.61 bits per heavy atom. The molecule has 4 rings (SSSR count). The number of thiophene rings is 1.